The third-order valence-electron chi connectivity index (χ3n) is 4.40. The number of nitro benzene ring substituents is 1. The van der Waals surface area contributed by atoms with Gasteiger partial charge in [0, 0.05) is 30.4 Å². The van der Waals surface area contributed by atoms with Crippen molar-refractivity contribution in [3.63, 3.8) is 0 Å². The minimum Gasteiger partial charge on any atom is -0.369 e. The van der Waals surface area contributed by atoms with Crippen LogP contribution in [-0.4, -0.2) is 22.2 Å². The van der Waals surface area contributed by atoms with E-state index in [1.807, 2.05) is 18.2 Å². The fourth-order valence-corrected chi connectivity index (χ4v) is 2.95. The molecule has 3 rings (SSSR count). The second-order valence-corrected chi connectivity index (χ2v) is 6.41. The van der Waals surface area contributed by atoms with Crippen molar-refractivity contribution in [1.82, 2.24) is 4.98 Å². The number of benzene rings is 2. The first-order valence-corrected chi connectivity index (χ1v) is 9.17. The number of nitro groups is 1. The topological polar surface area (TPSA) is 85.1 Å². The van der Waals surface area contributed by atoms with E-state index in [1.165, 1.54) is 23.8 Å². The number of hydrogen-bond donors (Lipinski definition) is 1. The molecule has 0 bridgehead atoms. The van der Waals surface area contributed by atoms with E-state index in [9.17, 15) is 14.9 Å². The van der Waals surface area contributed by atoms with Gasteiger partial charge in [-0.3, -0.25) is 14.9 Å². The summed E-state index contributed by atoms with van der Waals surface area (Å²) in [7, 11) is 0. The highest BCUT2D eigenvalue weighted by atomic mass is 16.6. The van der Waals surface area contributed by atoms with Gasteiger partial charge in [0.2, 0.25) is 0 Å². The molecule has 142 valence electrons. The van der Waals surface area contributed by atoms with Crippen molar-refractivity contribution in [2.45, 2.75) is 19.3 Å². The van der Waals surface area contributed by atoms with Crippen LogP contribution in [0.3, 0.4) is 0 Å². The first-order valence-electron chi connectivity index (χ1n) is 9.17. The fraction of sp³-hybridized carbons (Fsp3) is 0.182. The van der Waals surface area contributed by atoms with Gasteiger partial charge in [0.05, 0.1) is 10.5 Å². The molecule has 6 heteroatoms. The van der Waals surface area contributed by atoms with Gasteiger partial charge in [-0.1, -0.05) is 42.5 Å². The van der Waals surface area contributed by atoms with Gasteiger partial charge in [0.25, 0.3) is 5.69 Å². The van der Waals surface area contributed by atoms with Crippen molar-refractivity contribution in [2.24, 2.45) is 0 Å². The zero-order valence-corrected chi connectivity index (χ0v) is 15.4. The Balaban J connectivity index is 1.62. The Bertz CT molecular complexity index is 958. The summed E-state index contributed by atoms with van der Waals surface area (Å²) < 4.78 is 0. The Kier molecular flexibility index (Phi) is 6.46. The van der Waals surface area contributed by atoms with Crippen molar-refractivity contribution in [3.05, 3.63) is 99.7 Å². The standard InChI is InChI=1S/C22H21N3O3/c26-21(18-11-6-12-19(16-18)25(27)28)20-13-7-15-24-22(20)23-14-5-4-10-17-8-2-1-3-9-17/h1-3,6-9,11-13,15-16H,4-5,10,14H2,(H,23,24). The molecule has 0 spiro atoms. The molecule has 0 aliphatic rings. The van der Waals surface area contributed by atoms with Crippen LogP contribution in [-0.2, 0) is 6.42 Å². The van der Waals surface area contributed by atoms with Crippen molar-refractivity contribution in [1.29, 1.82) is 0 Å². The van der Waals surface area contributed by atoms with Gasteiger partial charge in [0.15, 0.2) is 5.78 Å². The van der Waals surface area contributed by atoms with E-state index in [2.05, 4.69) is 22.4 Å². The molecule has 0 unspecified atom stereocenters. The number of ketones is 1. The number of pyridine rings is 1. The number of carbonyl (C=O) groups is 1. The molecule has 0 saturated carbocycles. The lowest BCUT2D eigenvalue weighted by Crippen LogP contribution is -2.11. The molecule has 0 fully saturated rings. The summed E-state index contributed by atoms with van der Waals surface area (Å²) in [5, 5.41) is 14.2. The van der Waals surface area contributed by atoms with Gasteiger partial charge in [-0.05, 0) is 37.0 Å². The average Bonchev–Trinajstić information content (AvgIpc) is 2.74. The van der Waals surface area contributed by atoms with Gasteiger partial charge in [-0.15, -0.1) is 0 Å². The lowest BCUT2D eigenvalue weighted by atomic mass is 10.0. The van der Waals surface area contributed by atoms with Crippen LogP contribution in [0.1, 0.15) is 34.3 Å². The van der Waals surface area contributed by atoms with Crippen LogP contribution in [0.5, 0.6) is 0 Å². The Morgan fingerprint density at radius 2 is 1.82 bits per heavy atom. The molecule has 0 amide bonds. The zero-order valence-electron chi connectivity index (χ0n) is 15.4. The second-order valence-electron chi connectivity index (χ2n) is 6.41. The molecule has 28 heavy (non-hydrogen) atoms. The number of anilines is 1. The summed E-state index contributed by atoms with van der Waals surface area (Å²) >= 11 is 0. The summed E-state index contributed by atoms with van der Waals surface area (Å²) in [5.74, 6) is 0.210. The lowest BCUT2D eigenvalue weighted by molar-refractivity contribution is -0.384. The SMILES string of the molecule is O=C(c1cccc([N+](=O)[O-])c1)c1cccnc1NCCCCc1ccccc1. The maximum atomic E-state index is 12.8. The highest BCUT2D eigenvalue weighted by molar-refractivity contribution is 6.12. The predicted molar refractivity (Wildman–Crippen MR) is 109 cm³/mol. The van der Waals surface area contributed by atoms with Crippen LogP contribution < -0.4 is 5.32 Å². The van der Waals surface area contributed by atoms with Gasteiger partial charge in [-0.25, -0.2) is 4.98 Å². The molecule has 1 N–H and O–H groups in total. The monoisotopic (exact) mass is 375 g/mol. The van der Waals surface area contributed by atoms with E-state index in [0.29, 0.717) is 17.9 Å². The van der Waals surface area contributed by atoms with Crippen LogP contribution in [0.15, 0.2) is 72.9 Å². The molecular weight excluding hydrogens is 354 g/mol. The minimum absolute atomic E-state index is 0.106. The summed E-state index contributed by atoms with van der Waals surface area (Å²) in [4.78, 5) is 27.5. The highest BCUT2D eigenvalue weighted by Crippen LogP contribution is 2.20. The van der Waals surface area contributed by atoms with E-state index >= 15 is 0 Å². The summed E-state index contributed by atoms with van der Waals surface area (Å²) in [6, 6.07) is 19.4. The maximum absolute atomic E-state index is 12.8. The zero-order chi connectivity index (χ0) is 19.8. The molecule has 1 heterocycles. The predicted octanol–water partition coefficient (Wildman–Crippen LogP) is 4.66. The number of non-ortho nitro benzene ring substituents is 1. The maximum Gasteiger partial charge on any atom is 0.270 e. The molecular formula is C22H21N3O3. The number of nitrogens with zero attached hydrogens (tertiary/aromatic N) is 2. The molecule has 0 aliphatic carbocycles. The third-order valence-corrected chi connectivity index (χ3v) is 4.40. The number of rotatable bonds is 9. The van der Waals surface area contributed by atoms with Crippen LogP contribution in [0, 0.1) is 10.1 Å². The van der Waals surface area contributed by atoms with Crippen molar-refractivity contribution < 1.29 is 9.72 Å². The smallest absolute Gasteiger partial charge is 0.270 e. The van der Waals surface area contributed by atoms with Crippen LogP contribution >= 0.6 is 0 Å². The Morgan fingerprint density at radius 1 is 1.00 bits per heavy atom. The van der Waals surface area contributed by atoms with Gasteiger partial charge in [0.1, 0.15) is 5.82 Å². The normalized spacial score (nSPS) is 10.4. The molecule has 2 aromatic carbocycles. The van der Waals surface area contributed by atoms with E-state index in [4.69, 9.17) is 0 Å². The lowest BCUT2D eigenvalue weighted by Gasteiger charge is -2.10. The first kappa shape index (κ1) is 19.2. The van der Waals surface area contributed by atoms with E-state index in [0.717, 1.165) is 19.3 Å². The number of hydrogen-bond acceptors (Lipinski definition) is 5. The van der Waals surface area contributed by atoms with E-state index < -0.39 is 4.92 Å². The fourth-order valence-electron chi connectivity index (χ4n) is 2.95. The van der Waals surface area contributed by atoms with Crippen molar-refractivity contribution in [3.8, 4) is 0 Å². The van der Waals surface area contributed by atoms with Crippen LogP contribution in [0.2, 0.25) is 0 Å². The molecule has 3 aromatic rings. The highest BCUT2D eigenvalue weighted by Gasteiger charge is 2.17. The Morgan fingerprint density at radius 3 is 2.61 bits per heavy atom. The van der Waals surface area contributed by atoms with Crippen LogP contribution in [0.25, 0.3) is 0 Å². The molecule has 1 aromatic heterocycles. The van der Waals surface area contributed by atoms with Crippen molar-refractivity contribution in [2.75, 3.05) is 11.9 Å². The van der Waals surface area contributed by atoms with Crippen LogP contribution in [0.4, 0.5) is 11.5 Å². The third kappa shape index (κ3) is 5.01. The minimum atomic E-state index is -0.508. The van der Waals surface area contributed by atoms with E-state index in [1.54, 1.807) is 24.4 Å². The quantitative estimate of drug-likeness (QED) is 0.254. The van der Waals surface area contributed by atoms with Gasteiger partial charge >= 0.3 is 0 Å². The Hall–Kier alpha value is -3.54. The van der Waals surface area contributed by atoms with Crippen molar-refractivity contribution >= 4 is 17.3 Å². The van der Waals surface area contributed by atoms with Gasteiger partial charge < -0.3 is 5.32 Å². The molecule has 0 aliphatic heterocycles. The Labute approximate surface area is 163 Å². The first-order chi connectivity index (χ1) is 13.6. The molecule has 6 nitrogen and oxygen atoms in total. The van der Waals surface area contributed by atoms with Gasteiger partial charge in [-0.2, -0.15) is 0 Å². The van der Waals surface area contributed by atoms with E-state index in [-0.39, 0.29) is 17.0 Å². The largest absolute Gasteiger partial charge is 0.369 e. The number of aromatic nitrogens is 1. The number of aryl methyl sites for hydroxylation is 1. The second kappa shape index (κ2) is 9.41. The summed E-state index contributed by atoms with van der Waals surface area (Å²) in [6.45, 7) is 0.694. The molecule has 0 radical (unpaired) electrons. The average molecular weight is 375 g/mol. The summed E-state index contributed by atoms with van der Waals surface area (Å²) in [6.07, 6.45) is 4.59. The molecule has 0 saturated heterocycles. The number of unbranched alkanes of at least 4 members (excludes halogenated alkanes) is 1. The molecule has 0 atom stereocenters. The summed E-state index contributed by atoms with van der Waals surface area (Å²) in [5.41, 5.74) is 1.88. The number of nitrogens with one attached hydrogen (secondary N) is 1. The number of carbonyl (C=O) groups excluding carboxylic acids is 1.